The number of esters is 1. The maximum absolute atomic E-state index is 14.2. The molecular weight excluding hydrogens is 594 g/mol. The Bertz CT molecular complexity index is 1290. The first-order chi connectivity index (χ1) is 21.0. The number of hydrogen-bond donors (Lipinski definition) is 3. The van der Waals surface area contributed by atoms with Crippen molar-refractivity contribution in [2.45, 2.75) is 83.7 Å². The number of rotatable bonds is 14. The molecule has 2 rings (SSSR count). The molecule has 0 aliphatic rings. The van der Waals surface area contributed by atoms with E-state index in [1.165, 1.54) is 47.0 Å². The molecule has 3 unspecified atom stereocenters. The van der Waals surface area contributed by atoms with Crippen molar-refractivity contribution < 1.29 is 33.8 Å². The third kappa shape index (κ3) is 12.9. The Morgan fingerprint density at radius 1 is 0.911 bits per heavy atom. The number of carbonyl (C=O) groups is 4. The molecule has 0 heterocycles. The summed E-state index contributed by atoms with van der Waals surface area (Å²) in [5.74, 6) is -1.31. The van der Waals surface area contributed by atoms with Gasteiger partial charge in [-0.15, -0.1) is 6.58 Å². The van der Waals surface area contributed by atoms with Crippen molar-refractivity contribution in [2.24, 2.45) is 0 Å². The Morgan fingerprint density at radius 2 is 1.51 bits per heavy atom. The molecule has 0 aromatic heterocycles. The number of thioether (sulfide) groups is 1. The van der Waals surface area contributed by atoms with Gasteiger partial charge < -0.3 is 30.1 Å². The molecule has 45 heavy (non-hydrogen) atoms. The Morgan fingerprint density at radius 3 is 2.04 bits per heavy atom. The standard InChI is InChI=1S/C34H47N3O7S/c1-9-20-37(30(40)26(19-21-45-8)36-32(42)44-34(5,6)7)28(24-15-17-25(38)18-16-24)29(39)35-27(31(41)43-33(2,3)4)22-23-13-11-10-12-14-23/h9-18,26-28,38H,1,19-22H2,2-8H3,(H,35,39)(H,36,42). The third-order valence-corrected chi connectivity index (χ3v) is 6.91. The van der Waals surface area contributed by atoms with E-state index in [1.54, 1.807) is 41.5 Å². The molecule has 0 bridgehead atoms. The normalized spacial score (nSPS) is 13.5. The minimum atomic E-state index is -1.26. The van der Waals surface area contributed by atoms with Crippen LogP contribution >= 0.6 is 11.8 Å². The maximum Gasteiger partial charge on any atom is 0.408 e. The summed E-state index contributed by atoms with van der Waals surface area (Å²) in [6, 6.07) is 11.7. The lowest BCUT2D eigenvalue weighted by Crippen LogP contribution is -2.55. The number of carbonyl (C=O) groups excluding carboxylic acids is 4. The molecule has 0 saturated carbocycles. The van der Waals surface area contributed by atoms with Gasteiger partial charge in [-0.2, -0.15) is 11.8 Å². The van der Waals surface area contributed by atoms with E-state index in [1.807, 2.05) is 36.6 Å². The van der Waals surface area contributed by atoms with Gasteiger partial charge in [0.1, 0.15) is 35.1 Å². The highest BCUT2D eigenvalue weighted by molar-refractivity contribution is 7.98. The van der Waals surface area contributed by atoms with Crippen LogP contribution in [0.15, 0.2) is 67.3 Å². The molecular formula is C34H47N3O7S. The van der Waals surface area contributed by atoms with Crippen molar-refractivity contribution in [1.82, 2.24) is 15.5 Å². The van der Waals surface area contributed by atoms with E-state index < -0.39 is 53.2 Å². The van der Waals surface area contributed by atoms with Gasteiger partial charge in [0.2, 0.25) is 11.8 Å². The monoisotopic (exact) mass is 641 g/mol. The molecule has 0 aliphatic heterocycles. The Balaban J connectivity index is 2.56. The maximum atomic E-state index is 14.2. The van der Waals surface area contributed by atoms with E-state index in [9.17, 15) is 24.3 Å². The van der Waals surface area contributed by atoms with Gasteiger partial charge in [0, 0.05) is 13.0 Å². The number of phenolic OH excluding ortho intramolecular Hbond substituents is 1. The van der Waals surface area contributed by atoms with E-state index in [0.29, 0.717) is 11.3 Å². The number of benzene rings is 2. The molecule has 3 N–H and O–H groups in total. The average molecular weight is 642 g/mol. The topological polar surface area (TPSA) is 134 Å². The van der Waals surface area contributed by atoms with Gasteiger partial charge >= 0.3 is 12.1 Å². The summed E-state index contributed by atoms with van der Waals surface area (Å²) in [5.41, 5.74) is -0.422. The largest absolute Gasteiger partial charge is 0.508 e. The van der Waals surface area contributed by atoms with E-state index in [2.05, 4.69) is 17.2 Å². The highest BCUT2D eigenvalue weighted by atomic mass is 32.2. The van der Waals surface area contributed by atoms with Crippen LogP contribution < -0.4 is 10.6 Å². The van der Waals surface area contributed by atoms with Crippen LogP contribution in [-0.4, -0.2) is 75.7 Å². The number of aromatic hydroxyl groups is 1. The number of alkyl carbamates (subject to hydrolysis) is 1. The van der Waals surface area contributed by atoms with Crippen molar-refractivity contribution in [3.8, 4) is 5.75 Å². The molecule has 0 radical (unpaired) electrons. The van der Waals surface area contributed by atoms with Gasteiger partial charge in [0.25, 0.3) is 0 Å². The van der Waals surface area contributed by atoms with Crippen LogP contribution in [0.25, 0.3) is 0 Å². The molecule has 10 nitrogen and oxygen atoms in total. The van der Waals surface area contributed by atoms with E-state index in [4.69, 9.17) is 9.47 Å². The quantitative estimate of drug-likeness (QED) is 0.190. The SMILES string of the molecule is C=CCN(C(=O)C(CCSC)NC(=O)OC(C)(C)C)C(C(=O)NC(Cc1ccccc1)C(=O)OC(C)(C)C)c1ccc(O)cc1. The summed E-state index contributed by atoms with van der Waals surface area (Å²) in [5, 5.41) is 15.5. The van der Waals surface area contributed by atoms with Gasteiger partial charge in [-0.25, -0.2) is 9.59 Å². The zero-order chi connectivity index (χ0) is 33.8. The van der Waals surface area contributed by atoms with Gasteiger partial charge in [-0.3, -0.25) is 9.59 Å². The molecule has 0 fully saturated rings. The van der Waals surface area contributed by atoms with Crippen molar-refractivity contribution in [3.05, 3.63) is 78.4 Å². The predicted molar refractivity (Wildman–Crippen MR) is 177 cm³/mol. The first-order valence-corrected chi connectivity index (χ1v) is 16.2. The molecule has 11 heteroatoms. The molecule has 2 aromatic rings. The first-order valence-electron chi connectivity index (χ1n) is 14.8. The number of nitrogens with one attached hydrogen (secondary N) is 2. The zero-order valence-electron chi connectivity index (χ0n) is 27.3. The zero-order valence-corrected chi connectivity index (χ0v) is 28.1. The second kappa shape index (κ2) is 16.9. The average Bonchev–Trinajstić information content (AvgIpc) is 2.94. The lowest BCUT2D eigenvalue weighted by atomic mass is 10.00. The molecule has 3 amide bonds. The fourth-order valence-electron chi connectivity index (χ4n) is 4.40. The van der Waals surface area contributed by atoms with Gasteiger partial charge in [0.05, 0.1) is 0 Å². The van der Waals surface area contributed by atoms with Crippen LogP contribution in [0.5, 0.6) is 5.75 Å². The number of ether oxygens (including phenoxy) is 2. The summed E-state index contributed by atoms with van der Waals surface area (Å²) in [6.07, 6.45) is 3.01. The molecule has 0 spiro atoms. The number of amides is 3. The van der Waals surface area contributed by atoms with Crippen LogP contribution in [0.4, 0.5) is 4.79 Å². The second-order valence-electron chi connectivity index (χ2n) is 12.5. The molecule has 3 atom stereocenters. The molecule has 0 aliphatic carbocycles. The van der Waals surface area contributed by atoms with E-state index >= 15 is 0 Å². The Labute approximate surface area is 270 Å². The van der Waals surface area contributed by atoms with Crippen LogP contribution in [0.3, 0.4) is 0 Å². The summed E-state index contributed by atoms with van der Waals surface area (Å²) in [4.78, 5) is 55.9. The smallest absolute Gasteiger partial charge is 0.408 e. The van der Waals surface area contributed by atoms with Gasteiger partial charge in [-0.05, 0) is 83.2 Å². The van der Waals surface area contributed by atoms with Gasteiger partial charge in [-0.1, -0.05) is 48.5 Å². The van der Waals surface area contributed by atoms with Crippen LogP contribution in [0.2, 0.25) is 0 Å². The Hall–Kier alpha value is -3.99. The highest BCUT2D eigenvalue weighted by Crippen LogP contribution is 2.26. The van der Waals surface area contributed by atoms with Crippen molar-refractivity contribution in [1.29, 1.82) is 0 Å². The third-order valence-electron chi connectivity index (χ3n) is 6.27. The second-order valence-corrected chi connectivity index (χ2v) is 13.5. The minimum absolute atomic E-state index is 0.0281. The molecule has 2 aromatic carbocycles. The van der Waals surface area contributed by atoms with Gasteiger partial charge in [0.15, 0.2) is 0 Å². The summed E-state index contributed by atoms with van der Waals surface area (Å²) >= 11 is 1.50. The molecule has 0 saturated heterocycles. The van der Waals surface area contributed by atoms with Crippen LogP contribution in [0, 0.1) is 0 Å². The molecule has 246 valence electrons. The minimum Gasteiger partial charge on any atom is -0.508 e. The van der Waals surface area contributed by atoms with Crippen molar-refractivity contribution in [3.63, 3.8) is 0 Å². The lowest BCUT2D eigenvalue weighted by Gasteiger charge is -2.34. The first kappa shape index (κ1) is 37.2. The van der Waals surface area contributed by atoms with E-state index in [0.717, 1.165) is 5.56 Å². The predicted octanol–water partition coefficient (Wildman–Crippen LogP) is 5.16. The lowest BCUT2D eigenvalue weighted by molar-refractivity contribution is -0.159. The summed E-state index contributed by atoms with van der Waals surface area (Å²) < 4.78 is 11.1. The van der Waals surface area contributed by atoms with Crippen LogP contribution in [0.1, 0.15) is 65.1 Å². The van der Waals surface area contributed by atoms with Crippen molar-refractivity contribution in [2.75, 3.05) is 18.6 Å². The number of phenols is 1. The number of hydrogen-bond acceptors (Lipinski definition) is 8. The summed E-state index contributed by atoms with van der Waals surface area (Å²) in [6.45, 7) is 14.1. The Kier molecular flexibility index (Phi) is 14.0. The van der Waals surface area contributed by atoms with E-state index in [-0.39, 0.29) is 25.1 Å². The van der Waals surface area contributed by atoms with Crippen molar-refractivity contribution >= 4 is 35.6 Å². The fourth-order valence-corrected chi connectivity index (χ4v) is 4.87. The fraction of sp³-hybridized carbons (Fsp3) is 0.471. The van der Waals surface area contributed by atoms with Crippen LogP contribution in [-0.2, 0) is 30.3 Å². The summed E-state index contributed by atoms with van der Waals surface area (Å²) in [7, 11) is 0. The number of nitrogens with zero attached hydrogens (tertiary/aromatic N) is 1. The highest BCUT2D eigenvalue weighted by Gasteiger charge is 2.38.